The Morgan fingerprint density at radius 2 is 2.05 bits per heavy atom. The van der Waals surface area contributed by atoms with Gasteiger partial charge in [-0.25, -0.2) is 9.78 Å². The summed E-state index contributed by atoms with van der Waals surface area (Å²) in [6.07, 6.45) is -1.04. The standard InChI is InChI=1S/C15H24N2O5/c1-15(2,3)22-14(20)16-8-7-11(18)13(19)10-5-6-12(21-4)17-9-10/h5-6,9,11,13,18-19H,7-8H2,1-4H3,(H,16,20). The SMILES string of the molecule is COc1ccc(C(O)C(O)CCNC(=O)OC(C)(C)C)cn1. The number of nitrogens with one attached hydrogen (secondary N) is 1. The van der Waals surface area contributed by atoms with Crippen LogP contribution in [0.15, 0.2) is 18.3 Å². The van der Waals surface area contributed by atoms with Crippen molar-refractivity contribution in [2.24, 2.45) is 0 Å². The van der Waals surface area contributed by atoms with Crippen molar-refractivity contribution in [1.82, 2.24) is 10.3 Å². The fraction of sp³-hybridized carbons (Fsp3) is 0.600. The van der Waals surface area contributed by atoms with E-state index in [2.05, 4.69) is 10.3 Å². The maximum atomic E-state index is 11.4. The van der Waals surface area contributed by atoms with Crippen molar-refractivity contribution < 1.29 is 24.5 Å². The molecule has 0 aliphatic carbocycles. The van der Waals surface area contributed by atoms with Gasteiger partial charge in [-0.05, 0) is 33.3 Å². The zero-order chi connectivity index (χ0) is 16.8. The van der Waals surface area contributed by atoms with Crippen molar-refractivity contribution in [2.45, 2.75) is 45.0 Å². The van der Waals surface area contributed by atoms with Crippen LogP contribution in [0, 0.1) is 0 Å². The number of aliphatic hydroxyl groups is 2. The number of rotatable bonds is 6. The molecule has 1 amide bonds. The number of hydrogen-bond donors (Lipinski definition) is 3. The summed E-state index contributed by atoms with van der Waals surface area (Å²) < 4.78 is 10.00. The van der Waals surface area contributed by atoms with Gasteiger partial charge in [0.2, 0.25) is 5.88 Å². The summed E-state index contributed by atoms with van der Waals surface area (Å²) in [6.45, 7) is 5.49. The summed E-state index contributed by atoms with van der Waals surface area (Å²) in [7, 11) is 1.50. The number of alkyl carbamates (subject to hydrolysis) is 1. The van der Waals surface area contributed by atoms with E-state index < -0.39 is 23.9 Å². The van der Waals surface area contributed by atoms with Crippen molar-refractivity contribution in [3.8, 4) is 5.88 Å². The van der Waals surface area contributed by atoms with Crippen LogP contribution < -0.4 is 10.1 Å². The van der Waals surface area contributed by atoms with Crippen molar-refractivity contribution in [2.75, 3.05) is 13.7 Å². The summed E-state index contributed by atoms with van der Waals surface area (Å²) in [5.74, 6) is 0.428. The Morgan fingerprint density at radius 3 is 2.55 bits per heavy atom. The van der Waals surface area contributed by atoms with E-state index in [-0.39, 0.29) is 13.0 Å². The molecule has 22 heavy (non-hydrogen) atoms. The highest BCUT2D eigenvalue weighted by Gasteiger charge is 2.20. The highest BCUT2D eigenvalue weighted by Crippen LogP contribution is 2.19. The number of ether oxygens (including phenoxy) is 2. The Labute approximate surface area is 130 Å². The van der Waals surface area contributed by atoms with Gasteiger partial charge in [-0.2, -0.15) is 0 Å². The molecular weight excluding hydrogens is 288 g/mol. The van der Waals surface area contributed by atoms with Crippen molar-refractivity contribution >= 4 is 6.09 Å². The Balaban J connectivity index is 2.40. The van der Waals surface area contributed by atoms with Gasteiger partial charge in [-0.15, -0.1) is 0 Å². The summed E-state index contributed by atoms with van der Waals surface area (Å²) in [5, 5.41) is 22.5. The lowest BCUT2D eigenvalue weighted by molar-refractivity contribution is 0.0121. The fourth-order valence-corrected chi connectivity index (χ4v) is 1.70. The first-order valence-corrected chi connectivity index (χ1v) is 7.06. The van der Waals surface area contributed by atoms with Crippen LogP contribution in [-0.2, 0) is 4.74 Å². The molecule has 7 nitrogen and oxygen atoms in total. The number of aliphatic hydroxyl groups excluding tert-OH is 2. The minimum Gasteiger partial charge on any atom is -0.481 e. The van der Waals surface area contributed by atoms with Crippen LogP contribution in [0.1, 0.15) is 38.9 Å². The number of methoxy groups -OCH3 is 1. The van der Waals surface area contributed by atoms with Crippen LogP contribution in [-0.4, -0.2) is 46.6 Å². The molecule has 0 aromatic carbocycles. The third-order valence-electron chi connectivity index (χ3n) is 2.78. The molecule has 0 saturated carbocycles. The topological polar surface area (TPSA) is 101 Å². The molecule has 2 atom stereocenters. The quantitative estimate of drug-likeness (QED) is 0.734. The maximum Gasteiger partial charge on any atom is 0.407 e. The summed E-state index contributed by atoms with van der Waals surface area (Å²) >= 11 is 0. The second kappa shape index (κ2) is 7.95. The van der Waals surface area contributed by atoms with Crippen LogP contribution in [0.3, 0.4) is 0 Å². The lowest BCUT2D eigenvalue weighted by Crippen LogP contribution is -2.34. The highest BCUT2D eigenvalue weighted by molar-refractivity contribution is 5.67. The normalized spacial score (nSPS) is 14.1. The molecule has 0 spiro atoms. The van der Waals surface area contributed by atoms with E-state index in [0.29, 0.717) is 11.4 Å². The van der Waals surface area contributed by atoms with Gasteiger partial charge < -0.3 is 25.0 Å². The van der Waals surface area contributed by atoms with Gasteiger partial charge in [0.25, 0.3) is 0 Å². The summed E-state index contributed by atoms with van der Waals surface area (Å²) in [6, 6.07) is 3.23. The molecule has 0 fully saturated rings. The molecule has 0 radical (unpaired) electrons. The molecule has 7 heteroatoms. The third-order valence-corrected chi connectivity index (χ3v) is 2.78. The molecule has 0 aliphatic heterocycles. The number of hydrogen-bond acceptors (Lipinski definition) is 6. The second-order valence-electron chi connectivity index (χ2n) is 5.86. The first-order valence-electron chi connectivity index (χ1n) is 7.06. The van der Waals surface area contributed by atoms with Crippen molar-refractivity contribution in [3.63, 3.8) is 0 Å². The lowest BCUT2D eigenvalue weighted by atomic mass is 10.0. The minimum atomic E-state index is -1.08. The first kappa shape index (κ1) is 18.2. The van der Waals surface area contributed by atoms with Gasteiger partial charge >= 0.3 is 6.09 Å². The first-order chi connectivity index (χ1) is 10.2. The molecular formula is C15H24N2O5. The van der Waals surface area contributed by atoms with Gasteiger partial charge in [0, 0.05) is 24.4 Å². The number of carbonyl (C=O) groups is 1. The van der Waals surface area contributed by atoms with Gasteiger partial charge in [-0.1, -0.05) is 0 Å². The maximum absolute atomic E-state index is 11.4. The molecule has 1 rings (SSSR count). The van der Waals surface area contributed by atoms with E-state index in [4.69, 9.17) is 9.47 Å². The monoisotopic (exact) mass is 312 g/mol. The van der Waals surface area contributed by atoms with E-state index in [1.54, 1.807) is 32.9 Å². The van der Waals surface area contributed by atoms with Crippen LogP contribution in [0.4, 0.5) is 4.79 Å². The van der Waals surface area contributed by atoms with Crippen LogP contribution in [0.5, 0.6) is 5.88 Å². The molecule has 3 N–H and O–H groups in total. The van der Waals surface area contributed by atoms with Gasteiger partial charge in [-0.3, -0.25) is 0 Å². The van der Waals surface area contributed by atoms with Gasteiger partial charge in [0.05, 0.1) is 13.2 Å². The molecule has 1 aromatic rings. The second-order valence-corrected chi connectivity index (χ2v) is 5.86. The number of nitrogens with zero attached hydrogens (tertiary/aromatic N) is 1. The smallest absolute Gasteiger partial charge is 0.407 e. The molecule has 0 saturated heterocycles. The van der Waals surface area contributed by atoms with Crippen LogP contribution in [0.2, 0.25) is 0 Å². The number of aromatic nitrogens is 1. The van der Waals surface area contributed by atoms with Gasteiger partial charge in [0.15, 0.2) is 0 Å². The molecule has 2 unspecified atom stereocenters. The number of pyridine rings is 1. The van der Waals surface area contributed by atoms with Crippen molar-refractivity contribution in [3.05, 3.63) is 23.9 Å². The van der Waals surface area contributed by atoms with E-state index in [1.807, 2.05) is 0 Å². The van der Waals surface area contributed by atoms with Crippen LogP contribution >= 0.6 is 0 Å². The van der Waals surface area contributed by atoms with E-state index in [9.17, 15) is 15.0 Å². The predicted molar refractivity (Wildman–Crippen MR) is 80.6 cm³/mol. The third kappa shape index (κ3) is 6.28. The number of amides is 1. The Kier molecular flexibility index (Phi) is 6.58. The number of carbonyl (C=O) groups excluding carboxylic acids is 1. The lowest BCUT2D eigenvalue weighted by Gasteiger charge is -2.21. The van der Waals surface area contributed by atoms with Gasteiger partial charge in [0.1, 0.15) is 11.7 Å². The summed E-state index contributed by atoms with van der Waals surface area (Å²) in [5.41, 5.74) is -0.0951. The molecule has 124 valence electrons. The average molecular weight is 312 g/mol. The fourth-order valence-electron chi connectivity index (χ4n) is 1.70. The van der Waals surface area contributed by atoms with Crippen molar-refractivity contribution in [1.29, 1.82) is 0 Å². The Bertz CT molecular complexity index is 470. The predicted octanol–water partition coefficient (Wildman–Crippen LogP) is 1.40. The van der Waals surface area contributed by atoms with E-state index in [1.165, 1.54) is 13.3 Å². The molecule has 0 aliphatic rings. The Hall–Kier alpha value is -1.86. The zero-order valence-corrected chi connectivity index (χ0v) is 13.4. The van der Waals surface area contributed by atoms with E-state index in [0.717, 1.165) is 0 Å². The van der Waals surface area contributed by atoms with E-state index >= 15 is 0 Å². The van der Waals surface area contributed by atoms with Crippen LogP contribution in [0.25, 0.3) is 0 Å². The molecule has 0 bridgehead atoms. The Morgan fingerprint density at radius 1 is 1.36 bits per heavy atom. The minimum absolute atomic E-state index is 0.187. The zero-order valence-electron chi connectivity index (χ0n) is 13.4. The summed E-state index contributed by atoms with van der Waals surface area (Å²) in [4.78, 5) is 15.4. The molecule has 1 aromatic heterocycles. The molecule has 1 heterocycles. The highest BCUT2D eigenvalue weighted by atomic mass is 16.6. The average Bonchev–Trinajstić information content (AvgIpc) is 2.44. The largest absolute Gasteiger partial charge is 0.481 e.